The van der Waals surface area contributed by atoms with E-state index in [-0.39, 0.29) is 10.8 Å². The van der Waals surface area contributed by atoms with Crippen molar-refractivity contribution in [3.8, 4) is 0 Å². The highest BCUT2D eigenvalue weighted by Crippen LogP contribution is 2.26. The van der Waals surface area contributed by atoms with Crippen molar-refractivity contribution in [3.63, 3.8) is 0 Å². The number of sulfonamides is 1. The Hall–Kier alpha value is -1.93. The standard InChI is InChI=1S/C22H34N4O3S/c1-16(2)20-10-9-17(3)11-13-26(20)15-22(27)24-18-6-4-7-19(14-18)30(28,29)25-21-8-5-12-23-21/h4,6-7,14,16-17,20H,5,8-13,15H2,1-3H3,(H,23,25)(H,24,27). The van der Waals surface area contributed by atoms with Gasteiger partial charge >= 0.3 is 0 Å². The molecule has 2 aliphatic heterocycles. The van der Waals surface area contributed by atoms with Gasteiger partial charge in [0.1, 0.15) is 5.84 Å². The van der Waals surface area contributed by atoms with Gasteiger partial charge in [-0.3, -0.25) is 19.4 Å². The van der Waals surface area contributed by atoms with Gasteiger partial charge in [-0.05, 0) is 62.3 Å². The second-order valence-corrected chi connectivity index (χ2v) is 10.5. The molecule has 0 aliphatic carbocycles. The number of anilines is 1. The number of carbonyl (C=O) groups is 1. The zero-order valence-corrected chi connectivity index (χ0v) is 19.0. The Morgan fingerprint density at radius 3 is 2.77 bits per heavy atom. The molecule has 2 unspecified atom stereocenters. The van der Waals surface area contributed by atoms with Crippen molar-refractivity contribution >= 4 is 27.5 Å². The van der Waals surface area contributed by atoms with Crippen molar-refractivity contribution in [3.05, 3.63) is 24.3 Å². The molecule has 0 aromatic heterocycles. The molecular formula is C22H34N4O3S. The zero-order valence-electron chi connectivity index (χ0n) is 18.2. The number of amidine groups is 1. The predicted octanol–water partition coefficient (Wildman–Crippen LogP) is 3.24. The molecule has 1 aromatic carbocycles. The Morgan fingerprint density at radius 2 is 2.07 bits per heavy atom. The number of nitrogens with zero attached hydrogens (tertiary/aromatic N) is 2. The van der Waals surface area contributed by atoms with E-state index in [9.17, 15) is 13.2 Å². The smallest absolute Gasteiger partial charge is 0.262 e. The molecule has 1 fully saturated rings. The summed E-state index contributed by atoms with van der Waals surface area (Å²) in [5.74, 6) is 1.55. The van der Waals surface area contributed by atoms with Crippen LogP contribution in [0.5, 0.6) is 0 Å². The molecule has 166 valence electrons. The van der Waals surface area contributed by atoms with Gasteiger partial charge in [0.15, 0.2) is 0 Å². The SMILES string of the molecule is CC1CCC(C(C)C)N(CC(=O)Nc2cccc(S(=O)(=O)NC3=NCCC3)c2)CC1. The minimum atomic E-state index is -3.70. The fourth-order valence-corrected chi connectivity index (χ4v) is 5.38. The van der Waals surface area contributed by atoms with Gasteiger partial charge in [-0.1, -0.05) is 26.8 Å². The Labute approximate surface area is 180 Å². The molecule has 0 radical (unpaired) electrons. The van der Waals surface area contributed by atoms with Crippen LogP contribution in [0.25, 0.3) is 0 Å². The van der Waals surface area contributed by atoms with Gasteiger partial charge in [0.2, 0.25) is 5.91 Å². The van der Waals surface area contributed by atoms with E-state index in [1.54, 1.807) is 12.1 Å². The number of nitrogens with one attached hydrogen (secondary N) is 2. The first-order valence-corrected chi connectivity index (χ1v) is 12.4. The third-order valence-electron chi connectivity index (χ3n) is 6.00. The van der Waals surface area contributed by atoms with Crippen LogP contribution in [0.4, 0.5) is 5.69 Å². The van der Waals surface area contributed by atoms with Crippen molar-refractivity contribution in [1.29, 1.82) is 0 Å². The van der Waals surface area contributed by atoms with E-state index >= 15 is 0 Å². The average Bonchev–Trinajstić information content (AvgIpc) is 3.10. The van der Waals surface area contributed by atoms with E-state index in [2.05, 4.69) is 40.7 Å². The van der Waals surface area contributed by atoms with Gasteiger partial charge in [-0.2, -0.15) is 0 Å². The zero-order chi connectivity index (χ0) is 21.7. The summed E-state index contributed by atoms with van der Waals surface area (Å²) in [6.07, 6.45) is 4.90. The summed E-state index contributed by atoms with van der Waals surface area (Å²) in [7, 11) is -3.70. The number of hydrogen-bond donors (Lipinski definition) is 2. The topological polar surface area (TPSA) is 90.9 Å². The number of rotatable bonds is 6. The van der Waals surface area contributed by atoms with Crippen LogP contribution in [0.1, 0.15) is 52.9 Å². The Balaban J connectivity index is 1.65. The highest BCUT2D eigenvalue weighted by Gasteiger charge is 2.27. The normalized spacial score (nSPS) is 23.1. The van der Waals surface area contributed by atoms with Gasteiger partial charge in [-0.25, -0.2) is 8.42 Å². The molecule has 2 heterocycles. The quantitative estimate of drug-likeness (QED) is 0.719. The molecule has 2 aliphatic rings. The van der Waals surface area contributed by atoms with E-state index in [1.165, 1.54) is 18.6 Å². The number of aliphatic imine (C=N–C) groups is 1. The lowest BCUT2D eigenvalue weighted by atomic mass is 9.95. The van der Waals surface area contributed by atoms with Gasteiger partial charge in [0.25, 0.3) is 10.0 Å². The third-order valence-corrected chi connectivity index (χ3v) is 7.38. The molecule has 3 rings (SSSR count). The molecule has 1 amide bonds. The maximum atomic E-state index is 12.7. The second-order valence-electron chi connectivity index (χ2n) is 8.87. The predicted molar refractivity (Wildman–Crippen MR) is 120 cm³/mol. The molecule has 2 N–H and O–H groups in total. The fraction of sp³-hybridized carbons (Fsp3) is 0.636. The average molecular weight is 435 g/mol. The number of amides is 1. The van der Waals surface area contributed by atoms with Crippen molar-refractivity contribution < 1.29 is 13.2 Å². The largest absolute Gasteiger partial charge is 0.325 e. The lowest BCUT2D eigenvalue weighted by Crippen LogP contribution is -2.43. The first-order valence-electron chi connectivity index (χ1n) is 10.9. The number of carbonyl (C=O) groups excluding carboxylic acids is 1. The van der Waals surface area contributed by atoms with Crippen LogP contribution in [0, 0.1) is 11.8 Å². The number of benzene rings is 1. The number of hydrogen-bond acceptors (Lipinski definition) is 5. The van der Waals surface area contributed by atoms with Gasteiger partial charge in [0.05, 0.1) is 11.4 Å². The summed E-state index contributed by atoms with van der Waals surface area (Å²) < 4.78 is 27.8. The van der Waals surface area contributed by atoms with Crippen LogP contribution >= 0.6 is 0 Å². The number of likely N-dealkylation sites (tertiary alicyclic amines) is 1. The van der Waals surface area contributed by atoms with Crippen LogP contribution in [-0.4, -0.2) is 50.7 Å². The summed E-state index contributed by atoms with van der Waals surface area (Å²) in [5, 5.41) is 2.88. The summed E-state index contributed by atoms with van der Waals surface area (Å²) in [6, 6.07) is 6.78. The molecule has 0 bridgehead atoms. The maximum absolute atomic E-state index is 12.7. The monoisotopic (exact) mass is 434 g/mol. The van der Waals surface area contributed by atoms with E-state index in [1.807, 2.05) is 0 Å². The summed E-state index contributed by atoms with van der Waals surface area (Å²) in [5.41, 5.74) is 0.487. The van der Waals surface area contributed by atoms with Gasteiger partial charge in [-0.15, -0.1) is 0 Å². The Bertz CT molecular complexity index is 882. The molecule has 8 heteroatoms. The summed E-state index contributed by atoms with van der Waals surface area (Å²) >= 11 is 0. The van der Waals surface area contributed by atoms with Crippen molar-refractivity contribution in [2.45, 2.75) is 63.8 Å². The molecule has 2 atom stereocenters. The highest BCUT2D eigenvalue weighted by molar-refractivity contribution is 7.90. The maximum Gasteiger partial charge on any atom is 0.262 e. The molecule has 1 saturated heterocycles. The summed E-state index contributed by atoms with van der Waals surface area (Å²) in [6.45, 7) is 8.58. The third kappa shape index (κ3) is 6.04. The fourth-order valence-electron chi connectivity index (χ4n) is 4.25. The van der Waals surface area contributed by atoms with Crippen LogP contribution in [0.3, 0.4) is 0 Å². The van der Waals surface area contributed by atoms with Crippen LogP contribution in [0.15, 0.2) is 34.2 Å². The lowest BCUT2D eigenvalue weighted by Gasteiger charge is -2.32. The molecule has 0 spiro atoms. The highest BCUT2D eigenvalue weighted by atomic mass is 32.2. The van der Waals surface area contributed by atoms with Crippen molar-refractivity contribution in [2.24, 2.45) is 16.8 Å². The summed E-state index contributed by atoms with van der Waals surface area (Å²) in [4.78, 5) is 19.3. The van der Waals surface area contributed by atoms with Crippen molar-refractivity contribution in [2.75, 3.05) is 25.0 Å². The minimum Gasteiger partial charge on any atom is -0.325 e. The molecule has 7 nitrogen and oxygen atoms in total. The lowest BCUT2D eigenvalue weighted by molar-refractivity contribution is -0.118. The Morgan fingerprint density at radius 1 is 1.27 bits per heavy atom. The minimum absolute atomic E-state index is 0.113. The van der Waals surface area contributed by atoms with Crippen LogP contribution in [0.2, 0.25) is 0 Å². The van der Waals surface area contributed by atoms with E-state index < -0.39 is 10.0 Å². The van der Waals surface area contributed by atoms with Gasteiger partial charge < -0.3 is 5.32 Å². The molecule has 1 aromatic rings. The van der Waals surface area contributed by atoms with Crippen molar-refractivity contribution in [1.82, 2.24) is 9.62 Å². The molecule has 0 saturated carbocycles. The van der Waals surface area contributed by atoms with E-state index in [0.29, 0.717) is 48.9 Å². The Kier molecular flexibility index (Phi) is 7.52. The molecule has 30 heavy (non-hydrogen) atoms. The first kappa shape index (κ1) is 22.7. The van der Waals surface area contributed by atoms with E-state index in [0.717, 1.165) is 25.8 Å². The van der Waals surface area contributed by atoms with Crippen LogP contribution in [-0.2, 0) is 14.8 Å². The van der Waals surface area contributed by atoms with Crippen LogP contribution < -0.4 is 10.0 Å². The first-order chi connectivity index (χ1) is 14.2. The van der Waals surface area contributed by atoms with Gasteiger partial charge in [0, 0.05) is 24.7 Å². The molecular weight excluding hydrogens is 400 g/mol. The second kappa shape index (κ2) is 9.92. The van der Waals surface area contributed by atoms with E-state index in [4.69, 9.17) is 0 Å².